The van der Waals surface area contributed by atoms with E-state index in [-0.39, 0.29) is 11.3 Å². The smallest absolute Gasteiger partial charge is 0.337 e. The zero-order valence-corrected chi connectivity index (χ0v) is 15.8. The molecule has 1 amide bonds. The van der Waals surface area contributed by atoms with Gasteiger partial charge in [-0.1, -0.05) is 11.6 Å². The number of aryl methyl sites for hydroxylation is 2. The van der Waals surface area contributed by atoms with E-state index in [4.69, 9.17) is 0 Å². The van der Waals surface area contributed by atoms with E-state index in [0.29, 0.717) is 30.6 Å². The van der Waals surface area contributed by atoms with Crippen LogP contribution >= 0.6 is 0 Å². The largest absolute Gasteiger partial charge is 0.478 e. The van der Waals surface area contributed by atoms with Gasteiger partial charge in [0.1, 0.15) is 0 Å². The van der Waals surface area contributed by atoms with Crippen LogP contribution in [0.25, 0.3) is 0 Å². The van der Waals surface area contributed by atoms with Gasteiger partial charge in [0.05, 0.1) is 23.2 Å². The normalized spacial score (nSPS) is 13.8. The Morgan fingerprint density at radius 1 is 1.15 bits per heavy atom. The predicted molar refractivity (Wildman–Crippen MR) is 103 cm³/mol. The summed E-state index contributed by atoms with van der Waals surface area (Å²) >= 11 is 0. The first-order valence-electron chi connectivity index (χ1n) is 8.43. The molecule has 0 fully saturated rings. The second-order valence-electron chi connectivity index (χ2n) is 6.59. The number of nitrogens with one attached hydrogen (secondary N) is 1. The average molecular weight is 388 g/mol. The molecular weight excluding hydrogens is 368 g/mol. The SMILES string of the molecule is Cc1ccc(NC(=O)c2ccc3c(c2)CCCN3S(C)(=O)=O)c(C(=O)O)c1. The fourth-order valence-corrected chi connectivity index (χ4v) is 4.18. The molecule has 0 radical (unpaired) electrons. The molecule has 0 spiro atoms. The lowest BCUT2D eigenvalue weighted by Gasteiger charge is -2.29. The van der Waals surface area contributed by atoms with Crippen molar-refractivity contribution in [2.45, 2.75) is 19.8 Å². The Hall–Kier alpha value is -2.87. The standard InChI is InChI=1S/C19H20N2O5S/c1-12-5-7-16(15(10-12)19(23)24)20-18(22)14-6-8-17-13(11-14)4-3-9-21(17)27(2,25)26/h5-8,10-11H,3-4,9H2,1-2H3,(H,20,22)(H,23,24). The Morgan fingerprint density at radius 3 is 2.56 bits per heavy atom. The highest BCUT2D eigenvalue weighted by Gasteiger charge is 2.25. The summed E-state index contributed by atoms with van der Waals surface area (Å²) in [5.41, 5.74) is 2.72. The summed E-state index contributed by atoms with van der Waals surface area (Å²) < 4.78 is 25.2. The molecule has 0 atom stereocenters. The molecule has 7 nitrogen and oxygen atoms in total. The van der Waals surface area contributed by atoms with Crippen molar-refractivity contribution < 1.29 is 23.1 Å². The molecule has 3 rings (SSSR count). The minimum Gasteiger partial charge on any atom is -0.478 e. The van der Waals surface area contributed by atoms with Crippen LogP contribution < -0.4 is 9.62 Å². The van der Waals surface area contributed by atoms with E-state index in [0.717, 1.165) is 17.4 Å². The lowest BCUT2D eigenvalue weighted by Crippen LogP contribution is -2.34. The van der Waals surface area contributed by atoms with E-state index < -0.39 is 21.9 Å². The lowest BCUT2D eigenvalue weighted by molar-refractivity contribution is 0.0698. The van der Waals surface area contributed by atoms with Gasteiger partial charge in [-0.2, -0.15) is 0 Å². The van der Waals surface area contributed by atoms with Gasteiger partial charge in [-0.3, -0.25) is 9.10 Å². The summed E-state index contributed by atoms with van der Waals surface area (Å²) in [4.78, 5) is 24.0. The number of sulfonamides is 1. The van der Waals surface area contributed by atoms with E-state index in [2.05, 4.69) is 5.32 Å². The number of carboxylic acid groups (broad SMARTS) is 1. The maximum absolute atomic E-state index is 12.6. The Balaban J connectivity index is 1.90. The van der Waals surface area contributed by atoms with Crippen LogP contribution in [-0.2, 0) is 16.4 Å². The Kier molecular flexibility index (Phi) is 4.93. The van der Waals surface area contributed by atoms with Crippen molar-refractivity contribution in [2.24, 2.45) is 0 Å². The first kappa shape index (κ1) is 18.9. The summed E-state index contributed by atoms with van der Waals surface area (Å²) in [5, 5.41) is 12.0. The number of fused-ring (bicyclic) bond motifs is 1. The summed E-state index contributed by atoms with van der Waals surface area (Å²) in [5.74, 6) is -1.57. The van der Waals surface area contributed by atoms with Gasteiger partial charge in [-0.15, -0.1) is 0 Å². The molecule has 0 aromatic heterocycles. The molecule has 0 saturated carbocycles. The molecule has 2 aromatic carbocycles. The second-order valence-corrected chi connectivity index (χ2v) is 8.50. The number of aromatic carboxylic acids is 1. The van der Waals surface area contributed by atoms with Crippen molar-refractivity contribution in [2.75, 3.05) is 22.4 Å². The van der Waals surface area contributed by atoms with Crippen LogP contribution in [0.2, 0.25) is 0 Å². The third kappa shape index (κ3) is 3.95. The molecular formula is C19H20N2O5S. The highest BCUT2D eigenvalue weighted by atomic mass is 32.2. The minimum absolute atomic E-state index is 0.0181. The van der Waals surface area contributed by atoms with Crippen LogP contribution in [0.1, 0.15) is 38.3 Å². The molecule has 1 heterocycles. The topological polar surface area (TPSA) is 104 Å². The van der Waals surface area contributed by atoms with Gasteiger partial charge in [0, 0.05) is 12.1 Å². The number of rotatable bonds is 4. The molecule has 0 saturated heterocycles. The fourth-order valence-electron chi connectivity index (χ4n) is 3.19. The molecule has 0 unspecified atom stereocenters. The van der Waals surface area contributed by atoms with E-state index in [1.807, 2.05) is 0 Å². The Bertz CT molecular complexity index is 1030. The van der Waals surface area contributed by atoms with Crippen LogP contribution in [0.4, 0.5) is 11.4 Å². The van der Waals surface area contributed by atoms with Crippen LogP contribution in [0.5, 0.6) is 0 Å². The molecule has 0 bridgehead atoms. The average Bonchev–Trinajstić information content (AvgIpc) is 2.61. The van der Waals surface area contributed by atoms with Crippen LogP contribution in [0.15, 0.2) is 36.4 Å². The molecule has 0 aliphatic carbocycles. The van der Waals surface area contributed by atoms with E-state index in [1.165, 1.54) is 10.4 Å². The zero-order chi connectivity index (χ0) is 19.8. The van der Waals surface area contributed by atoms with Crippen LogP contribution in [0, 0.1) is 6.92 Å². The summed E-state index contributed by atoms with van der Waals surface area (Å²) in [6.07, 6.45) is 2.51. The summed E-state index contributed by atoms with van der Waals surface area (Å²) in [6, 6.07) is 9.61. The quantitative estimate of drug-likeness (QED) is 0.838. The van der Waals surface area contributed by atoms with Gasteiger partial charge < -0.3 is 10.4 Å². The molecule has 8 heteroatoms. The van der Waals surface area contributed by atoms with Gasteiger partial charge in [-0.05, 0) is 55.7 Å². The van der Waals surface area contributed by atoms with Crippen molar-refractivity contribution in [1.29, 1.82) is 0 Å². The fraction of sp³-hybridized carbons (Fsp3) is 0.263. The molecule has 2 N–H and O–H groups in total. The van der Waals surface area contributed by atoms with E-state index >= 15 is 0 Å². The summed E-state index contributed by atoms with van der Waals surface area (Å²) in [7, 11) is -3.37. The number of carbonyl (C=O) groups excluding carboxylic acids is 1. The maximum Gasteiger partial charge on any atom is 0.337 e. The van der Waals surface area contributed by atoms with Gasteiger partial charge in [-0.25, -0.2) is 13.2 Å². The number of benzene rings is 2. The lowest BCUT2D eigenvalue weighted by atomic mass is 10.0. The number of hydrogen-bond donors (Lipinski definition) is 2. The number of anilines is 2. The van der Waals surface area contributed by atoms with Crippen molar-refractivity contribution in [3.63, 3.8) is 0 Å². The van der Waals surface area contributed by atoms with Gasteiger partial charge in [0.25, 0.3) is 5.91 Å². The van der Waals surface area contributed by atoms with Crippen LogP contribution in [-0.4, -0.2) is 38.2 Å². The molecule has 142 valence electrons. The van der Waals surface area contributed by atoms with Crippen LogP contribution in [0.3, 0.4) is 0 Å². The number of hydrogen-bond acceptors (Lipinski definition) is 4. The van der Waals surface area contributed by atoms with E-state index in [1.54, 1.807) is 37.3 Å². The number of carboxylic acids is 1. The monoisotopic (exact) mass is 388 g/mol. The van der Waals surface area contributed by atoms with Gasteiger partial charge in [0.2, 0.25) is 10.0 Å². The van der Waals surface area contributed by atoms with Crippen molar-refractivity contribution in [3.05, 3.63) is 58.7 Å². The van der Waals surface area contributed by atoms with Gasteiger partial charge >= 0.3 is 5.97 Å². The minimum atomic E-state index is -3.37. The second kappa shape index (κ2) is 7.03. The zero-order valence-electron chi connectivity index (χ0n) is 15.0. The third-order valence-electron chi connectivity index (χ3n) is 4.47. The van der Waals surface area contributed by atoms with Crippen molar-refractivity contribution in [3.8, 4) is 0 Å². The number of amides is 1. The highest BCUT2D eigenvalue weighted by Crippen LogP contribution is 2.30. The Labute approximate surface area is 157 Å². The van der Waals surface area contributed by atoms with Crippen molar-refractivity contribution >= 4 is 33.3 Å². The first-order chi connectivity index (χ1) is 12.7. The maximum atomic E-state index is 12.6. The molecule has 2 aromatic rings. The molecule has 1 aliphatic rings. The number of carbonyl (C=O) groups is 2. The highest BCUT2D eigenvalue weighted by molar-refractivity contribution is 7.92. The third-order valence-corrected chi connectivity index (χ3v) is 5.65. The first-order valence-corrected chi connectivity index (χ1v) is 10.3. The van der Waals surface area contributed by atoms with E-state index in [9.17, 15) is 23.1 Å². The Morgan fingerprint density at radius 2 is 1.89 bits per heavy atom. The predicted octanol–water partition coefficient (Wildman–Crippen LogP) is 2.66. The molecule has 27 heavy (non-hydrogen) atoms. The number of nitrogens with zero attached hydrogens (tertiary/aromatic N) is 1. The van der Waals surface area contributed by atoms with Gasteiger partial charge in [0.15, 0.2) is 0 Å². The summed E-state index contributed by atoms with van der Waals surface area (Å²) in [6.45, 7) is 2.19. The molecule has 1 aliphatic heterocycles. The van der Waals surface area contributed by atoms with Crippen molar-refractivity contribution in [1.82, 2.24) is 0 Å².